The molecule has 1 aromatic carbocycles. The first-order chi connectivity index (χ1) is 10.2. The van der Waals surface area contributed by atoms with Crippen LogP contribution < -0.4 is 4.74 Å². The van der Waals surface area contributed by atoms with E-state index in [1.807, 2.05) is 29.2 Å². The average molecular weight is 394 g/mol. The third kappa shape index (κ3) is 4.69. The largest absolute Gasteiger partial charge is 0.491 e. The van der Waals surface area contributed by atoms with Crippen molar-refractivity contribution in [3.8, 4) is 5.75 Å². The zero-order chi connectivity index (χ0) is 15.2. The van der Waals surface area contributed by atoms with Gasteiger partial charge in [-0.25, -0.2) is 0 Å². The van der Waals surface area contributed by atoms with Crippen molar-refractivity contribution in [2.45, 2.75) is 6.92 Å². The molecule has 0 saturated heterocycles. The smallest absolute Gasteiger partial charge is 0.117 e. The van der Waals surface area contributed by atoms with Gasteiger partial charge in [0.15, 0.2) is 0 Å². The Hall–Kier alpha value is -0.606. The van der Waals surface area contributed by atoms with Gasteiger partial charge in [-0.2, -0.15) is 23.8 Å². The van der Waals surface area contributed by atoms with E-state index in [9.17, 15) is 0 Å². The molecule has 3 nitrogen and oxygen atoms in total. The predicted molar refractivity (Wildman–Crippen MR) is 85.9 cm³/mol. The van der Waals surface area contributed by atoms with E-state index in [0.29, 0.717) is 18.2 Å². The molecule has 1 aliphatic rings. The van der Waals surface area contributed by atoms with Gasteiger partial charge in [-0.3, -0.25) is 0 Å². The van der Waals surface area contributed by atoms with Crippen molar-refractivity contribution >= 4 is 17.3 Å². The first-order valence-electron chi connectivity index (χ1n) is 6.85. The van der Waals surface area contributed by atoms with Gasteiger partial charge in [0.2, 0.25) is 0 Å². The minimum absolute atomic E-state index is 0. The third-order valence-corrected chi connectivity index (χ3v) is 3.53. The van der Waals surface area contributed by atoms with E-state index in [-0.39, 0.29) is 32.7 Å². The van der Waals surface area contributed by atoms with Crippen LogP contribution in [0.5, 0.6) is 5.75 Å². The number of likely N-dealkylation sites (N-methyl/N-ethyl adjacent to an activating group) is 1. The third-order valence-electron chi connectivity index (χ3n) is 3.21. The van der Waals surface area contributed by atoms with E-state index in [4.69, 9.17) is 21.1 Å². The molecule has 0 fully saturated rings. The van der Waals surface area contributed by atoms with E-state index in [0.717, 1.165) is 29.3 Å². The van der Waals surface area contributed by atoms with Crippen molar-refractivity contribution in [1.82, 2.24) is 4.90 Å². The first-order valence-corrected chi connectivity index (χ1v) is 7.23. The number of nitrogens with zero attached hydrogens (tertiary/aromatic N) is 1. The van der Waals surface area contributed by atoms with Crippen LogP contribution in [0.1, 0.15) is 12.5 Å². The van der Waals surface area contributed by atoms with Crippen LogP contribution in [0, 0.1) is 6.08 Å². The van der Waals surface area contributed by atoms with Crippen molar-refractivity contribution in [2.75, 3.05) is 26.9 Å². The Labute approximate surface area is 162 Å². The molecule has 1 aromatic rings. The summed E-state index contributed by atoms with van der Waals surface area (Å²) in [7, 11) is 1.66. The Morgan fingerprint density at radius 2 is 1.91 bits per heavy atom. The monoisotopic (exact) mass is 393 g/mol. The SMILES string of the molecule is C=C1C(Cl)=C[C-]=C(c2ccc(OCCOC)cc2)N1CC.[Y]. The van der Waals surface area contributed by atoms with Crippen molar-refractivity contribution in [1.29, 1.82) is 0 Å². The summed E-state index contributed by atoms with van der Waals surface area (Å²) in [6, 6.07) is 7.90. The molecule has 2 rings (SSSR count). The molecule has 0 aromatic heterocycles. The first kappa shape index (κ1) is 19.4. The van der Waals surface area contributed by atoms with Crippen LogP contribution in [0.15, 0.2) is 47.6 Å². The van der Waals surface area contributed by atoms with Crippen LogP contribution in [-0.4, -0.2) is 31.8 Å². The summed E-state index contributed by atoms with van der Waals surface area (Å²) in [4.78, 5) is 2.04. The maximum atomic E-state index is 6.10. The molecule has 0 bridgehead atoms. The van der Waals surface area contributed by atoms with Crippen LogP contribution in [-0.2, 0) is 37.4 Å². The van der Waals surface area contributed by atoms with Gasteiger partial charge in [0.25, 0.3) is 0 Å². The summed E-state index contributed by atoms with van der Waals surface area (Å²) in [5.41, 5.74) is 2.82. The second-order valence-corrected chi connectivity index (χ2v) is 4.95. The fourth-order valence-corrected chi connectivity index (χ4v) is 2.25. The molecular weight excluding hydrogens is 375 g/mol. The van der Waals surface area contributed by atoms with Crippen LogP contribution in [0.25, 0.3) is 5.70 Å². The van der Waals surface area contributed by atoms with Crippen LogP contribution >= 0.6 is 11.6 Å². The number of halogens is 1. The summed E-state index contributed by atoms with van der Waals surface area (Å²) < 4.78 is 10.5. The Kier molecular flexibility index (Phi) is 8.41. The van der Waals surface area contributed by atoms with Gasteiger partial charge >= 0.3 is 0 Å². The summed E-state index contributed by atoms with van der Waals surface area (Å²) in [6.07, 6.45) is 4.97. The van der Waals surface area contributed by atoms with Crippen molar-refractivity contribution in [2.24, 2.45) is 0 Å². The summed E-state index contributed by atoms with van der Waals surface area (Å²) in [6.45, 7) is 7.99. The van der Waals surface area contributed by atoms with Gasteiger partial charge in [-0.05, 0) is 29.8 Å². The maximum absolute atomic E-state index is 6.10. The van der Waals surface area contributed by atoms with Gasteiger partial charge in [-0.1, -0.05) is 17.8 Å². The molecule has 22 heavy (non-hydrogen) atoms. The fraction of sp³-hybridized carbons (Fsp3) is 0.294. The van der Waals surface area contributed by atoms with E-state index < -0.39 is 0 Å². The van der Waals surface area contributed by atoms with Crippen molar-refractivity contribution in [3.05, 3.63) is 59.3 Å². The number of hydrogen-bond acceptors (Lipinski definition) is 3. The normalized spacial score (nSPS) is 14.1. The number of benzene rings is 1. The van der Waals surface area contributed by atoms with E-state index in [2.05, 4.69) is 19.6 Å². The number of hydrogen-bond donors (Lipinski definition) is 0. The van der Waals surface area contributed by atoms with Gasteiger partial charge in [0.1, 0.15) is 12.4 Å². The predicted octanol–water partition coefficient (Wildman–Crippen LogP) is 3.83. The summed E-state index contributed by atoms with van der Waals surface area (Å²) in [5, 5.41) is 0.625. The Balaban J connectivity index is 0.00000242. The molecule has 0 aliphatic carbocycles. The molecule has 115 valence electrons. The second kappa shape index (κ2) is 9.51. The van der Waals surface area contributed by atoms with Gasteiger partial charge in [0, 0.05) is 46.4 Å². The molecule has 0 spiro atoms. The maximum Gasteiger partial charge on any atom is 0.117 e. The van der Waals surface area contributed by atoms with E-state index in [1.165, 1.54) is 0 Å². The number of allylic oxidation sites excluding steroid dienone is 3. The number of rotatable bonds is 6. The van der Waals surface area contributed by atoms with Crippen molar-refractivity contribution in [3.63, 3.8) is 0 Å². The minimum Gasteiger partial charge on any atom is -0.491 e. The molecule has 0 saturated carbocycles. The Morgan fingerprint density at radius 3 is 2.50 bits per heavy atom. The molecule has 0 N–H and O–H groups in total. The zero-order valence-corrected chi connectivity index (χ0v) is 16.5. The topological polar surface area (TPSA) is 21.7 Å². The molecular formula is C17H19ClNO2Y-. The van der Waals surface area contributed by atoms with Gasteiger partial charge in [0.05, 0.1) is 6.61 Å². The molecule has 0 atom stereocenters. The van der Waals surface area contributed by atoms with Gasteiger partial charge in [-0.15, -0.1) is 12.1 Å². The van der Waals surface area contributed by atoms with Crippen LogP contribution in [0.4, 0.5) is 0 Å². The molecule has 5 heteroatoms. The summed E-state index contributed by atoms with van der Waals surface area (Å²) in [5.74, 6) is 0.822. The van der Waals surface area contributed by atoms with Crippen molar-refractivity contribution < 1.29 is 42.2 Å². The van der Waals surface area contributed by atoms with Crippen LogP contribution in [0.3, 0.4) is 0 Å². The molecule has 0 amide bonds. The fourth-order valence-electron chi connectivity index (χ4n) is 2.10. The van der Waals surface area contributed by atoms with Crippen LogP contribution in [0.2, 0.25) is 0 Å². The average Bonchev–Trinajstić information content (AvgIpc) is 2.51. The molecule has 1 aliphatic heterocycles. The quantitative estimate of drug-likeness (QED) is 0.542. The molecule has 1 radical (unpaired) electrons. The van der Waals surface area contributed by atoms with Gasteiger partial charge < -0.3 is 14.4 Å². The zero-order valence-electron chi connectivity index (χ0n) is 12.9. The van der Waals surface area contributed by atoms with E-state index in [1.54, 1.807) is 13.2 Å². The Morgan fingerprint density at radius 1 is 1.23 bits per heavy atom. The standard InChI is InChI=1S/C17H19ClNO2.Y/c1-4-19-13(2)16(18)9-10-17(19)14-5-7-15(8-6-14)21-12-11-20-3;/h5-9H,2,4,11-12H2,1,3H3;/q-1;. The number of ether oxygens (including phenoxy) is 2. The Bertz CT molecular complexity index is 567. The summed E-state index contributed by atoms with van der Waals surface area (Å²) >= 11 is 6.10. The van der Waals surface area contributed by atoms with E-state index >= 15 is 0 Å². The molecule has 0 unspecified atom stereocenters. The second-order valence-electron chi connectivity index (χ2n) is 4.54. The number of methoxy groups -OCH3 is 1. The molecule has 1 heterocycles. The minimum atomic E-state index is 0.